The summed E-state index contributed by atoms with van der Waals surface area (Å²) >= 11 is 5.83. The normalized spacial score (nSPS) is 10.6. The third-order valence-electron chi connectivity index (χ3n) is 3.05. The molecule has 0 fully saturated rings. The number of hydrogen-bond donors (Lipinski definition) is 0. The molecule has 2 rings (SSSR count). The SMILES string of the molecule is COCCN(C)c1cnn(Cc2ccnc(Cl)c2)c(=O)c1. The molecule has 0 spiro atoms. The van der Waals surface area contributed by atoms with E-state index in [0.29, 0.717) is 24.8 Å². The zero-order valence-corrected chi connectivity index (χ0v) is 12.7. The lowest BCUT2D eigenvalue weighted by atomic mass is 10.3. The molecular weight excluding hydrogens is 292 g/mol. The Kier molecular flexibility index (Phi) is 5.30. The number of rotatable bonds is 6. The van der Waals surface area contributed by atoms with Crippen LogP contribution in [0.3, 0.4) is 0 Å². The Balaban J connectivity index is 2.14. The summed E-state index contributed by atoms with van der Waals surface area (Å²) in [6.07, 6.45) is 3.27. The molecule has 0 atom stereocenters. The molecule has 0 bridgehead atoms. The van der Waals surface area contributed by atoms with Crippen LogP contribution >= 0.6 is 11.6 Å². The van der Waals surface area contributed by atoms with Gasteiger partial charge in [0, 0.05) is 33.0 Å². The molecule has 0 aliphatic heterocycles. The zero-order valence-electron chi connectivity index (χ0n) is 12.0. The minimum Gasteiger partial charge on any atom is -0.383 e. The average Bonchev–Trinajstić information content (AvgIpc) is 2.47. The molecule has 21 heavy (non-hydrogen) atoms. The fourth-order valence-corrected chi connectivity index (χ4v) is 2.02. The van der Waals surface area contributed by atoms with Crippen LogP contribution in [-0.4, -0.2) is 42.1 Å². The molecule has 0 aliphatic rings. The van der Waals surface area contributed by atoms with E-state index in [1.165, 1.54) is 4.68 Å². The number of anilines is 1. The van der Waals surface area contributed by atoms with Crippen molar-refractivity contribution in [2.75, 3.05) is 32.2 Å². The highest BCUT2D eigenvalue weighted by Gasteiger charge is 2.05. The van der Waals surface area contributed by atoms with E-state index in [1.54, 1.807) is 37.7 Å². The summed E-state index contributed by atoms with van der Waals surface area (Å²) in [7, 11) is 3.53. The van der Waals surface area contributed by atoms with Crippen molar-refractivity contribution in [1.29, 1.82) is 0 Å². The lowest BCUT2D eigenvalue weighted by molar-refractivity contribution is 0.206. The van der Waals surface area contributed by atoms with Crippen LogP contribution in [0, 0.1) is 0 Å². The van der Waals surface area contributed by atoms with Gasteiger partial charge in [0.05, 0.1) is 25.0 Å². The highest BCUT2D eigenvalue weighted by atomic mass is 35.5. The van der Waals surface area contributed by atoms with E-state index in [-0.39, 0.29) is 5.56 Å². The summed E-state index contributed by atoms with van der Waals surface area (Å²) < 4.78 is 6.40. The number of likely N-dealkylation sites (N-methyl/N-ethyl adjacent to an activating group) is 1. The van der Waals surface area contributed by atoms with Crippen LogP contribution in [0.25, 0.3) is 0 Å². The summed E-state index contributed by atoms with van der Waals surface area (Å²) in [4.78, 5) is 17.9. The topological polar surface area (TPSA) is 60.2 Å². The van der Waals surface area contributed by atoms with Crippen molar-refractivity contribution >= 4 is 17.3 Å². The quantitative estimate of drug-likeness (QED) is 0.755. The van der Waals surface area contributed by atoms with E-state index in [9.17, 15) is 4.79 Å². The molecule has 0 saturated carbocycles. The first-order chi connectivity index (χ1) is 10.1. The molecule has 0 unspecified atom stereocenters. The summed E-state index contributed by atoms with van der Waals surface area (Å²) in [6.45, 7) is 1.65. The van der Waals surface area contributed by atoms with E-state index in [2.05, 4.69) is 10.1 Å². The second-order valence-electron chi connectivity index (χ2n) is 4.61. The van der Waals surface area contributed by atoms with Crippen LogP contribution in [0.15, 0.2) is 35.4 Å². The Morgan fingerprint density at radius 1 is 1.43 bits per heavy atom. The molecule has 2 aromatic rings. The van der Waals surface area contributed by atoms with Crippen LogP contribution in [0.2, 0.25) is 5.15 Å². The highest BCUT2D eigenvalue weighted by Crippen LogP contribution is 2.09. The van der Waals surface area contributed by atoms with Gasteiger partial charge in [0.1, 0.15) is 5.15 Å². The van der Waals surface area contributed by atoms with E-state index in [1.807, 2.05) is 11.9 Å². The van der Waals surface area contributed by atoms with Crippen molar-refractivity contribution in [3.05, 3.63) is 51.7 Å². The summed E-state index contributed by atoms with van der Waals surface area (Å²) in [5.41, 5.74) is 1.48. The Morgan fingerprint density at radius 2 is 2.24 bits per heavy atom. The average molecular weight is 309 g/mol. The van der Waals surface area contributed by atoms with Gasteiger partial charge in [-0.3, -0.25) is 4.79 Å². The van der Waals surface area contributed by atoms with Gasteiger partial charge in [-0.2, -0.15) is 5.10 Å². The van der Waals surface area contributed by atoms with Crippen LogP contribution in [0.5, 0.6) is 0 Å². The number of hydrogen-bond acceptors (Lipinski definition) is 5. The van der Waals surface area contributed by atoms with E-state index in [4.69, 9.17) is 16.3 Å². The molecule has 2 aromatic heterocycles. The maximum atomic E-state index is 12.1. The molecule has 0 radical (unpaired) electrons. The second-order valence-corrected chi connectivity index (χ2v) is 5.00. The Bertz CT molecular complexity index is 659. The van der Waals surface area contributed by atoms with Crippen molar-refractivity contribution in [3.63, 3.8) is 0 Å². The second kappa shape index (κ2) is 7.19. The van der Waals surface area contributed by atoms with Gasteiger partial charge in [-0.05, 0) is 17.7 Å². The Hall–Kier alpha value is -1.92. The fourth-order valence-electron chi connectivity index (χ4n) is 1.82. The Morgan fingerprint density at radius 3 is 2.90 bits per heavy atom. The molecule has 6 nitrogen and oxygen atoms in total. The largest absolute Gasteiger partial charge is 0.383 e. The first kappa shape index (κ1) is 15.5. The van der Waals surface area contributed by atoms with Crippen LogP contribution in [0.1, 0.15) is 5.56 Å². The van der Waals surface area contributed by atoms with Gasteiger partial charge in [0.2, 0.25) is 0 Å². The predicted octanol–water partition coefficient (Wildman–Crippen LogP) is 1.42. The van der Waals surface area contributed by atoms with Crippen LogP contribution in [0.4, 0.5) is 5.69 Å². The predicted molar refractivity (Wildman–Crippen MR) is 82.0 cm³/mol. The van der Waals surface area contributed by atoms with Gasteiger partial charge < -0.3 is 9.64 Å². The number of aromatic nitrogens is 3. The summed E-state index contributed by atoms with van der Waals surface area (Å²) in [6, 6.07) is 5.08. The zero-order chi connectivity index (χ0) is 15.2. The molecule has 7 heteroatoms. The minimum atomic E-state index is -0.162. The number of halogens is 1. The number of nitrogens with zero attached hydrogens (tertiary/aromatic N) is 4. The molecule has 0 amide bonds. The molecule has 0 N–H and O–H groups in total. The Labute approximate surface area is 127 Å². The highest BCUT2D eigenvalue weighted by molar-refractivity contribution is 6.29. The van der Waals surface area contributed by atoms with Gasteiger partial charge in [-0.1, -0.05) is 11.6 Å². The fraction of sp³-hybridized carbons (Fsp3) is 0.357. The first-order valence-electron chi connectivity index (χ1n) is 6.48. The smallest absolute Gasteiger partial charge is 0.269 e. The van der Waals surface area contributed by atoms with Gasteiger partial charge in [-0.15, -0.1) is 0 Å². The van der Waals surface area contributed by atoms with Crippen LogP contribution < -0.4 is 10.5 Å². The molecule has 112 valence electrons. The van der Waals surface area contributed by atoms with Gasteiger partial charge >= 0.3 is 0 Å². The lowest BCUT2D eigenvalue weighted by Gasteiger charge is -2.18. The number of methoxy groups -OCH3 is 1. The van der Waals surface area contributed by atoms with Crippen molar-refractivity contribution in [3.8, 4) is 0 Å². The molecule has 0 saturated heterocycles. The number of pyridine rings is 1. The maximum absolute atomic E-state index is 12.1. The third kappa shape index (κ3) is 4.27. The standard InChI is InChI=1S/C14H17ClN4O2/c1-18(5-6-21-2)12-8-14(20)19(17-9-12)10-11-3-4-16-13(15)7-11/h3-4,7-9H,5-6,10H2,1-2H3. The molecular formula is C14H17ClN4O2. The summed E-state index contributed by atoms with van der Waals surface area (Å²) in [5.74, 6) is 0. The lowest BCUT2D eigenvalue weighted by Crippen LogP contribution is -2.27. The van der Waals surface area contributed by atoms with E-state index >= 15 is 0 Å². The van der Waals surface area contributed by atoms with Crippen molar-refractivity contribution in [2.24, 2.45) is 0 Å². The molecule has 0 aromatic carbocycles. The maximum Gasteiger partial charge on any atom is 0.269 e. The van der Waals surface area contributed by atoms with Crippen LogP contribution in [-0.2, 0) is 11.3 Å². The van der Waals surface area contributed by atoms with Gasteiger partial charge in [-0.25, -0.2) is 9.67 Å². The van der Waals surface area contributed by atoms with E-state index in [0.717, 1.165) is 11.3 Å². The van der Waals surface area contributed by atoms with Crippen molar-refractivity contribution in [2.45, 2.75) is 6.54 Å². The van der Waals surface area contributed by atoms with Gasteiger partial charge in [0.15, 0.2) is 0 Å². The van der Waals surface area contributed by atoms with E-state index < -0.39 is 0 Å². The first-order valence-corrected chi connectivity index (χ1v) is 6.85. The molecule has 0 aliphatic carbocycles. The minimum absolute atomic E-state index is 0.162. The molecule has 2 heterocycles. The van der Waals surface area contributed by atoms with Crippen molar-refractivity contribution in [1.82, 2.24) is 14.8 Å². The monoisotopic (exact) mass is 308 g/mol. The third-order valence-corrected chi connectivity index (χ3v) is 3.26. The number of ether oxygens (including phenoxy) is 1. The van der Waals surface area contributed by atoms with Crippen molar-refractivity contribution < 1.29 is 4.74 Å². The summed E-state index contributed by atoms with van der Waals surface area (Å²) in [5, 5.41) is 4.59. The van der Waals surface area contributed by atoms with Gasteiger partial charge in [0.25, 0.3) is 5.56 Å².